The van der Waals surface area contributed by atoms with Crippen LogP contribution in [0.3, 0.4) is 0 Å². The quantitative estimate of drug-likeness (QED) is 0.559. The minimum Gasteiger partial charge on any atom is -0.493 e. The average Bonchev–Trinajstić information content (AvgIpc) is 2.53. The topological polar surface area (TPSA) is 72.9 Å². The number of methoxy groups -OCH3 is 1. The molecule has 0 N–H and O–H groups in total. The first-order valence-electron chi connectivity index (χ1n) is 9.34. The van der Waals surface area contributed by atoms with Crippen molar-refractivity contribution >= 4 is 16.0 Å². The maximum Gasteiger partial charge on any atom is 0.311 e. The Morgan fingerprint density at radius 1 is 1.04 bits per heavy atom. The third kappa shape index (κ3) is 7.40. The molecule has 1 aromatic carbocycles. The predicted molar refractivity (Wildman–Crippen MR) is 107 cm³/mol. The van der Waals surface area contributed by atoms with E-state index in [1.165, 1.54) is 7.11 Å². The van der Waals surface area contributed by atoms with Gasteiger partial charge >= 0.3 is 10.1 Å². The van der Waals surface area contributed by atoms with Crippen molar-refractivity contribution in [3.8, 4) is 11.5 Å². The van der Waals surface area contributed by atoms with E-state index < -0.39 is 15.4 Å². The van der Waals surface area contributed by atoms with Gasteiger partial charge in [-0.1, -0.05) is 33.8 Å². The molecule has 154 valence electrons. The number of carbonyl (C=O) groups is 1. The molecule has 0 aliphatic rings. The maximum atomic E-state index is 12.6. The van der Waals surface area contributed by atoms with Gasteiger partial charge in [-0.05, 0) is 43.4 Å². The number of rotatable bonds is 10. The molecule has 0 bridgehead atoms. The van der Waals surface area contributed by atoms with Crippen LogP contribution in [0.15, 0.2) is 18.2 Å². The Hall–Kier alpha value is -1.76. The van der Waals surface area contributed by atoms with Crippen LogP contribution in [-0.4, -0.2) is 38.1 Å². The molecule has 0 unspecified atom stereocenters. The molecule has 0 saturated carbocycles. The number of ether oxygens (including phenoxy) is 1. The molecular weight excluding hydrogens is 366 g/mol. The molecule has 6 nitrogen and oxygen atoms in total. The van der Waals surface area contributed by atoms with E-state index in [0.29, 0.717) is 31.2 Å². The van der Waals surface area contributed by atoms with Crippen LogP contribution in [0.2, 0.25) is 0 Å². The number of carbonyl (C=O) groups excluding carboxylic acids is 1. The summed E-state index contributed by atoms with van der Waals surface area (Å²) in [6.45, 7) is 12.3. The van der Waals surface area contributed by atoms with Crippen molar-refractivity contribution in [1.82, 2.24) is 4.90 Å². The minimum absolute atomic E-state index is 0.0896. The van der Waals surface area contributed by atoms with Gasteiger partial charge in [0.15, 0.2) is 11.5 Å². The van der Waals surface area contributed by atoms with E-state index in [9.17, 15) is 13.2 Å². The van der Waals surface area contributed by atoms with Gasteiger partial charge in [-0.3, -0.25) is 4.79 Å². The van der Waals surface area contributed by atoms with Gasteiger partial charge in [0.2, 0.25) is 5.91 Å². The van der Waals surface area contributed by atoms with E-state index in [2.05, 4.69) is 13.8 Å². The SMILES string of the molecule is COc1ccc(CN(CC(C)C)C(=O)CC(C)C)cc1OS(=O)(=O)C(C)C. The zero-order chi connectivity index (χ0) is 20.8. The molecule has 0 aliphatic heterocycles. The lowest BCUT2D eigenvalue weighted by atomic mass is 10.1. The summed E-state index contributed by atoms with van der Waals surface area (Å²) >= 11 is 0. The summed E-state index contributed by atoms with van der Waals surface area (Å²) in [7, 11) is -2.28. The second-order valence-electron chi connectivity index (χ2n) is 7.88. The monoisotopic (exact) mass is 399 g/mol. The lowest BCUT2D eigenvalue weighted by Gasteiger charge is -2.26. The molecule has 0 saturated heterocycles. The van der Waals surface area contributed by atoms with Gasteiger partial charge in [-0.2, -0.15) is 8.42 Å². The number of hydrogen-bond acceptors (Lipinski definition) is 5. The summed E-state index contributed by atoms with van der Waals surface area (Å²) in [5, 5.41) is -0.670. The second-order valence-corrected chi connectivity index (χ2v) is 9.97. The van der Waals surface area contributed by atoms with Gasteiger partial charge in [0.05, 0.1) is 12.4 Å². The van der Waals surface area contributed by atoms with Gasteiger partial charge in [-0.25, -0.2) is 0 Å². The van der Waals surface area contributed by atoms with Crippen LogP contribution in [0.1, 0.15) is 53.5 Å². The molecule has 0 aliphatic carbocycles. The highest BCUT2D eigenvalue weighted by Crippen LogP contribution is 2.30. The molecule has 0 radical (unpaired) electrons. The first-order valence-corrected chi connectivity index (χ1v) is 10.8. The van der Waals surface area contributed by atoms with E-state index in [-0.39, 0.29) is 17.6 Å². The summed E-state index contributed by atoms with van der Waals surface area (Å²) < 4.78 is 34.8. The molecule has 27 heavy (non-hydrogen) atoms. The summed E-state index contributed by atoms with van der Waals surface area (Å²) in [6, 6.07) is 5.12. The van der Waals surface area contributed by atoms with Crippen LogP contribution in [0.4, 0.5) is 0 Å². The Labute approximate surface area is 164 Å². The average molecular weight is 400 g/mol. The Bertz CT molecular complexity index is 726. The first kappa shape index (κ1) is 23.3. The van der Waals surface area contributed by atoms with Crippen LogP contribution in [0.25, 0.3) is 0 Å². The Morgan fingerprint density at radius 3 is 2.15 bits per heavy atom. The van der Waals surface area contributed by atoms with E-state index in [1.807, 2.05) is 24.8 Å². The highest BCUT2D eigenvalue weighted by Gasteiger charge is 2.22. The molecule has 0 aromatic heterocycles. The first-order chi connectivity index (χ1) is 12.5. The van der Waals surface area contributed by atoms with Crippen LogP contribution in [-0.2, 0) is 21.5 Å². The maximum absolute atomic E-state index is 12.6. The van der Waals surface area contributed by atoms with E-state index in [1.54, 1.807) is 26.0 Å². The number of hydrogen-bond donors (Lipinski definition) is 0. The minimum atomic E-state index is -3.74. The zero-order valence-electron chi connectivity index (χ0n) is 17.5. The van der Waals surface area contributed by atoms with Gasteiger partial charge in [0.25, 0.3) is 0 Å². The van der Waals surface area contributed by atoms with E-state index >= 15 is 0 Å². The van der Waals surface area contributed by atoms with Crippen LogP contribution in [0, 0.1) is 11.8 Å². The van der Waals surface area contributed by atoms with Crippen LogP contribution < -0.4 is 8.92 Å². The molecule has 0 heterocycles. The van der Waals surface area contributed by atoms with Crippen molar-refractivity contribution in [3.63, 3.8) is 0 Å². The van der Waals surface area contributed by atoms with Gasteiger partial charge in [-0.15, -0.1) is 0 Å². The molecule has 1 amide bonds. The Morgan fingerprint density at radius 2 is 1.67 bits per heavy atom. The van der Waals surface area contributed by atoms with Crippen molar-refractivity contribution in [2.75, 3.05) is 13.7 Å². The lowest BCUT2D eigenvalue weighted by Crippen LogP contribution is -2.34. The van der Waals surface area contributed by atoms with Crippen LogP contribution >= 0.6 is 0 Å². The largest absolute Gasteiger partial charge is 0.493 e. The molecule has 0 fully saturated rings. The molecule has 1 rings (SSSR count). The molecule has 7 heteroatoms. The summed E-state index contributed by atoms with van der Waals surface area (Å²) in [5.74, 6) is 1.18. The fourth-order valence-corrected chi connectivity index (χ4v) is 3.07. The molecule has 0 spiro atoms. The van der Waals surface area contributed by atoms with Gasteiger partial charge in [0, 0.05) is 19.5 Å². The standard InChI is InChI=1S/C20H33NO5S/c1-14(2)10-20(22)21(12-15(3)4)13-17-8-9-18(25-7)19(11-17)26-27(23,24)16(5)6/h8-9,11,14-16H,10,12-13H2,1-7H3. The number of benzene rings is 1. The third-order valence-corrected chi connectivity index (χ3v) is 5.47. The van der Waals surface area contributed by atoms with Crippen molar-refractivity contribution in [2.24, 2.45) is 11.8 Å². The predicted octanol–water partition coefficient (Wildman–Crippen LogP) is 3.84. The summed E-state index contributed by atoms with van der Waals surface area (Å²) in [6.07, 6.45) is 0.480. The third-order valence-electron chi connectivity index (χ3n) is 3.91. The smallest absolute Gasteiger partial charge is 0.311 e. The van der Waals surface area contributed by atoms with E-state index in [4.69, 9.17) is 8.92 Å². The fourth-order valence-electron chi connectivity index (χ4n) is 2.50. The van der Waals surface area contributed by atoms with Crippen molar-refractivity contribution in [2.45, 2.75) is 59.8 Å². The fraction of sp³-hybridized carbons (Fsp3) is 0.650. The summed E-state index contributed by atoms with van der Waals surface area (Å²) in [5.41, 5.74) is 0.794. The number of amides is 1. The second kappa shape index (κ2) is 9.97. The van der Waals surface area contributed by atoms with Crippen LogP contribution in [0.5, 0.6) is 11.5 Å². The van der Waals surface area contributed by atoms with Crippen molar-refractivity contribution in [1.29, 1.82) is 0 Å². The Balaban J connectivity index is 3.13. The highest BCUT2D eigenvalue weighted by molar-refractivity contribution is 7.87. The van der Waals surface area contributed by atoms with E-state index in [0.717, 1.165) is 5.56 Å². The lowest BCUT2D eigenvalue weighted by molar-refractivity contribution is -0.133. The van der Waals surface area contributed by atoms with Gasteiger partial charge in [0.1, 0.15) is 0 Å². The van der Waals surface area contributed by atoms with Crippen molar-refractivity contribution < 1.29 is 22.1 Å². The Kier molecular flexibility index (Phi) is 8.59. The summed E-state index contributed by atoms with van der Waals surface area (Å²) in [4.78, 5) is 14.4. The van der Waals surface area contributed by atoms with Crippen molar-refractivity contribution in [3.05, 3.63) is 23.8 Å². The normalized spacial score (nSPS) is 11.9. The molecular formula is C20H33NO5S. The number of nitrogens with zero attached hydrogens (tertiary/aromatic N) is 1. The van der Waals surface area contributed by atoms with Gasteiger partial charge < -0.3 is 13.8 Å². The molecule has 1 aromatic rings. The highest BCUT2D eigenvalue weighted by atomic mass is 32.2. The zero-order valence-corrected chi connectivity index (χ0v) is 18.3. The molecule has 0 atom stereocenters.